The normalized spacial score (nSPS) is 19.2. The summed E-state index contributed by atoms with van der Waals surface area (Å²) >= 11 is 0. The molecule has 0 spiro atoms. The van der Waals surface area contributed by atoms with Crippen molar-refractivity contribution in [1.29, 1.82) is 0 Å². The van der Waals surface area contributed by atoms with Gasteiger partial charge in [-0.2, -0.15) is 0 Å². The fraction of sp³-hybridized carbons (Fsp3) is 0.250. The summed E-state index contributed by atoms with van der Waals surface area (Å²) in [6.07, 6.45) is 5.71. The molecule has 0 saturated heterocycles. The highest BCUT2D eigenvalue weighted by Crippen LogP contribution is 2.43. The monoisotopic (exact) mass is 419 g/mol. The lowest BCUT2D eigenvalue weighted by Gasteiger charge is -2.33. The Morgan fingerprint density at radius 3 is 2.26 bits per heavy atom. The Morgan fingerprint density at radius 2 is 1.65 bits per heavy atom. The van der Waals surface area contributed by atoms with Crippen LogP contribution in [-0.4, -0.2) is 57.3 Å². The summed E-state index contributed by atoms with van der Waals surface area (Å²) in [6.45, 7) is 0.774. The van der Waals surface area contributed by atoms with Crippen molar-refractivity contribution in [3.05, 3.63) is 71.3 Å². The van der Waals surface area contributed by atoms with Gasteiger partial charge in [-0.3, -0.25) is 0 Å². The number of rotatable bonds is 7. The second-order valence-electron chi connectivity index (χ2n) is 7.50. The molecular weight excluding hydrogens is 392 g/mol. The summed E-state index contributed by atoms with van der Waals surface area (Å²) in [5, 5.41) is 4.85. The van der Waals surface area contributed by atoms with Crippen molar-refractivity contribution in [2.24, 2.45) is 10.1 Å². The first-order chi connectivity index (χ1) is 15.0. The van der Waals surface area contributed by atoms with Crippen molar-refractivity contribution >= 4 is 18.0 Å². The van der Waals surface area contributed by atoms with E-state index in [4.69, 9.17) is 24.3 Å². The van der Waals surface area contributed by atoms with E-state index in [1.165, 1.54) is 5.56 Å². The zero-order valence-electron chi connectivity index (χ0n) is 18.5. The Labute approximate surface area is 182 Å². The minimum atomic E-state index is 0.242. The average molecular weight is 420 g/mol. The molecule has 0 bridgehead atoms. The predicted octanol–water partition coefficient (Wildman–Crippen LogP) is 3.88. The number of ether oxygens (including phenoxy) is 3. The van der Waals surface area contributed by atoms with Crippen molar-refractivity contribution in [3.63, 3.8) is 0 Å². The SMILES string of the molecule is COc1cc(C2=C3N=CC=C(N(C)Cc4ccccc4)[N+]3(C)N=C2)cc(OC)c1OC. The Kier molecular flexibility index (Phi) is 5.52. The van der Waals surface area contributed by atoms with Crippen molar-refractivity contribution < 1.29 is 18.8 Å². The molecule has 2 aliphatic rings. The molecule has 7 heteroatoms. The minimum Gasteiger partial charge on any atom is -0.493 e. The zero-order chi connectivity index (χ0) is 22.0. The largest absolute Gasteiger partial charge is 0.493 e. The summed E-state index contributed by atoms with van der Waals surface area (Å²) in [5.41, 5.74) is 3.05. The lowest BCUT2D eigenvalue weighted by Crippen LogP contribution is -2.42. The first-order valence-corrected chi connectivity index (χ1v) is 9.99. The van der Waals surface area contributed by atoms with E-state index in [9.17, 15) is 0 Å². The van der Waals surface area contributed by atoms with E-state index in [-0.39, 0.29) is 4.59 Å². The van der Waals surface area contributed by atoms with E-state index < -0.39 is 0 Å². The van der Waals surface area contributed by atoms with Crippen molar-refractivity contribution in [2.45, 2.75) is 6.54 Å². The van der Waals surface area contributed by atoms with E-state index in [1.807, 2.05) is 43.8 Å². The summed E-state index contributed by atoms with van der Waals surface area (Å²) < 4.78 is 16.8. The molecule has 2 aromatic carbocycles. The Bertz CT molecular complexity index is 1080. The number of quaternary nitrogens is 1. The van der Waals surface area contributed by atoms with Gasteiger partial charge in [0, 0.05) is 25.9 Å². The Balaban J connectivity index is 1.73. The second-order valence-corrected chi connectivity index (χ2v) is 7.50. The smallest absolute Gasteiger partial charge is 0.270 e. The van der Waals surface area contributed by atoms with Crippen LogP contribution in [0.2, 0.25) is 0 Å². The maximum absolute atomic E-state index is 5.53. The number of benzene rings is 2. The molecule has 7 nitrogen and oxygen atoms in total. The number of aliphatic imine (C=N–C) groups is 1. The van der Waals surface area contributed by atoms with Crippen LogP contribution in [0.25, 0.3) is 5.57 Å². The van der Waals surface area contributed by atoms with E-state index in [0.717, 1.165) is 29.3 Å². The molecule has 1 atom stereocenters. The number of methoxy groups -OCH3 is 3. The molecule has 31 heavy (non-hydrogen) atoms. The second kappa shape index (κ2) is 8.28. The van der Waals surface area contributed by atoms with Gasteiger partial charge in [-0.25, -0.2) is 4.99 Å². The number of nitrogens with zero attached hydrogens (tertiary/aromatic N) is 4. The van der Waals surface area contributed by atoms with Crippen LogP contribution in [0.5, 0.6) is 17.2 Å². The maximum atomic E-state index is 5.53. The van der Waals surface area contributed by atoms with Crippen LogP contribution in [0, 0.1) is 0 Å². The molecule has 4 rings (SSSR count). The molecule has 2 aliphatic heterocycles. The Hall–Kier alpha value is -3.58. The predicted molar refractivity (Wildman–Crippen MR) is 122 cm³/mol. The highest BCUT2D eigenvalue weighted by molar-refractivity contribution is 6.12. The fourth-order valence-electron chi connectivity index (χ4n) is 4.03. The van der Waals surface area contributed by atoms with E-state index >= 15 is 0 Å². The average Bonchev–Trinajstić information content (AvgIpc) is 3.15. The van der Waals surface area contributed by atoms with Crippen LogP contribution in [0.3, 0.4) is 0 Å². The van der Waals surface area contributed by atoms with E-state index in [1.54, 1.807) is 21.3 Å². The van der Waals surface area contributed by atoms with Gasteiger partial charge in [0.05, 0.1) is 33.1 Å². The Morgan fingerprint density at radius 1 is 0.968 bits per heavy atom. The van der Waals surface area contributed by atoms with Gasteiger partial charge in [-0.15, -0.1) is 4.59 Å². The van der Waals surface area contributed by atoms with E-state index in [0.29, 0.717) is 17.2 Å². The molecule has 2 heterocycles. The topological polar surface area (TPSA) is 55.7 Å². The molecule has 0 saturated carbocycles. The first-order valence-electron chi connectivity index (χ1n) is 9.99. The third-order valence-electron chi connectivity index (χ3n) is 5.57. The van der Waals surface area contributed by atoms with Crippen LogP contribution >= 0.6 is 0 Å². The van der Waals surface area contributed by atoms with Crippen molar-refractivity contribution in [2.75, 3.05) is 35.4 Å². The molecule has 160 valence electrons. The van der Waals surface area contributed by atoms with Crippen LogP contribution in [0.4, 0.5) is 0 Å². The first kappa shape index (κ1) is 20.7. The highest BCUT2D eigenvalue weighted by Gasteiger charge is 2.44. The van der Waals surface area contributed by atoms with Gasteiger partial charge in [-0.1, -0.05) is 35.4 Å². The number of hydrogen-bond donors (Lipinski definition) is 0. The lowest BCUT2D eigenvalue weighted by molar-refractivity contribution is -0.848. The summed E-state index contributed by atoms with van der Waals surface area (Å²) in [4.78, 5) is 6.90. The molecule has 0 aromatic heterocycles. The molecule has 0 amide bonds. The molecule has 0 aliphatic carbocycles. The van der Waals surface area contributed by atoms with Crippen LogP contribution in [-0.2, 0) is 6.54 Å². The van der Waals surface area contributed by atoms with Gasteiger partial charge in [0.2, 0.25) is 11.6 Å². The van der Waals surface area contributed by atoms with Gasteiger partial charge in [0.1, 0.15) is 7.05 Å². The van der Waals surface area contributed by atoms with Crippen LogP contribution < -0.4 is 14.2 Å². The number of fused-ring (bicyclic) bond motifs is 1. The van der Waals surface area contributed by atoms with Gasteiger partial charge in [0.25, 0.3) is 5.82 Å². The van der Waals surface area contributed by atoms with Crippen molar-refractivity contribution in [1.82, 2.24) is 4.90 Å². The standard InChI is InChI=1S/C24H27N4O3/c1-27(16-17-9-7-6-8-10-17)22-11-12-25-24-19(15-26-28(22,24)2)18-13-20(29-3)23(31-5)21(14-18)30-4/h6-15H,16H2,1-5H3/q+1. The molecule has 2 aromatic rings. The third kappa shape index (κ3) is 3.57. The van der Waals surface area contributed by atoms with Gasteiger partial charge < -0.3 is 19.1 Å². The summed E-state index contributed by atoms with van der Waals surface area (Å²) in [6, 6.07) is 14.2. The molecule has 0 radical (unpaired) electrons. The zero-order valence-corrected chi connectivity index (χ0v) is 18.5. The number of hydrogen-bond acceptors (Lipinski definition) is 6. The lowest BCUT2D eigenvalue weighted by atomic mass is 10.0. The van der Waals surface area contributed by atoms with E-state index in [2.05, 4.69) is 36.2 Å². The molecule has 0 N–H and O–H groups in total. The number of allylic oxidation sites excluding steroid dienone is 2. The molecule has 0 fully saturated rings. The third-order valence-corrected chi connectivity index (χ3v) is 5.57. The van der Waals surface area contributed by atoms with Crippen LogP contribution in [0.1, 0.15) is 11.1 Å². The molecule has 1 unspecified atom stereocenters. The summed E-state index contributed by atoms with van der Waals surface area (Å²) in [5.74, 6) is 3.62. The minimum absolute atomic E-state index is 0.242. The van der Waals surface area contributed by atoms with Crippen molar-refractivity contribution in [3.8, 4) is 17.2 Å². The van der Waals surface area contributed by atoms with Gasteiger partial charge in [0.15, 0.2) is 11.5 Å². The summed E-state index contributed by atoms with van der Waals surface area (Å²) in [7, 11) is 8.94. The van der Waals surface area contributed by atoms with Gasteiger partial charge >= 0.3 is 0 Å². The van der Waals surface area contributed by atoms with Crippen LogP contribution in [0.15, 0.2) is 70.3 Å². The van der Waals surface area contributed by atoms with Gasteiger partial charge in [-0.05, 0) is 23.3 Å². The highest BCUT2D eigenvalue weighted by atomic mass is 16.5. The maximum Gasteiger partial charge on any atom is 0.270 e. The fourth-order valence-corrected chi connectivity index (χ4v) is 4.03. The molecular formula is C24H27N4O3+. The quantitative estimate of drug-likeness (QED) is 0.639.